The highest BCUT2D eigenvalue weighted by Crippen LogP contribution is 2.25. The van der Waals surface area contributed by atoms with Crippen molar-refractivity contribution >= 4 is 17.7 Å². The molecular weight excluding hydrogens is 384 g/mol. The number of benzene rings is 1. The van der Waals surface area contributed by atoms with Crippen LogP contribution in [-0.4, -0.2) is 45.5 Å². The fourth-order valence-electron chi connectivity index (χ4n) is 3.40. The maximum absolute atomic E-state index is 12.9. The van der Waals surface area contributed by atoms with Crippen molar-refractivity contribution in [2.45, 2.75) is 26.2 Å². The molecule has 3 aromatic rings. The predicted molar refractivity (Wildman–Crippen MR) is 109 cm³/mol. The lowest BCUT2D eigenvalue weighted by atomic mass is 10.2. The molecule has 0 saturated carbocycles. The summed E-state index contributed by atoms with van der Waals surface area (Å²) in [5.41, 5.74) is 1.67. The van der Waals surface area contributed by atoms with E-state index in [0.717, 1.165) is 11.4 Å². The standard InChI is InChI=1S/C22H22N4O4/c1-15-8-9-18(30-15)21-17(14-26(24-21)16-6-3-2-4-7-16)22(29)23-12-5-13-25-19(27)10-11-20(25)28/h2-4,6-9,14H,5,10-13H2,1H3,(H,23,29). The summed E-state index contributed by atoms with van der Waals surface area (Å²) in [6.07, 6.45) is 2.71. The number of likely N-dealkylation sites (tertiary alicyclic amines) is 1. The van der Waals surface area contributed by atoms with Crippen LogP contribution < -0.4 is 5.32 Å². The van der Waals surface area contributed by atoms with Gasteiger partial charge >= 0.3 is 0 Å². The highest BCUT2D eigenvalue weighted by Gasteiger charge is 2.28. The van der Waals surface area contributed by atoms with Crippen LogP contribution in [0, 0.1) is 6.92 Å². The van der Waals surface area contributed by atoms with Gasteiger partial charge in [0.15, 0.2) is 5.76 Å². The molecule has 1 aliphatic heterocycles. The third kappa shape index (κ3) is 4.03. The van der Waals surface area contributed by atoms with Crippen LogP contribution in [-0.2, 0) is 9.59 Å². The number of carbonyl (C=O) groups is 3. The van der Waals surface area contributed by atoms with E-state index in [1.54, 1.807) is 16.9 Å². The fraction of sp³-hybridized carbons (Fsp3) is 0.273. The Morgan fingerprint density at radius 3 is 2.50 bits per heavy atom. The third-order valence-corrected chi connectivity index (χ3v) is 4.95. The van der Waals surface area contributed by atoms with Gasteiger partial charge in [0.25, 0.3) is 5.91 Å². The van der Waals surface area contributed by atoms with Crippen LogP contribution in [0.25, 0.3) is 17.1 Å². The molecule has 8 nitrogen and oxygen atoms in total. The molecule has 3 heterocycles. The Hall–Kier alpha value is -3.68. The first-order valence-electron chi connectivity index (χ1n) is 9.86. The zero-order valence-corrected chi connectivity index (χ0v) is 16.6. The van der Waals surface area contributed by atoms with Gasteiger partial charge in [-0.25, -0.2) is 4.68 Å². The van der Waals surface area contributed by atoms with E-state index < -0.39 is 0 Å². The van der Waals surface area contributed by atoms with Crippen molar-refractivity contribution in [1.29, 1.82) is 0 Å². The van der Waals surface area contributed by atoms with Gasteiger partial charge in [-0.05, 0) is 37.6 Å². The summed E-state index contributed by atoms with van der Waals surface area (Å²) in [7, 11) is 0. The quantitative estimate of drug-likeness (QED) is 0.481. The molecule has 154 valence electrons. The van der Waals surface area contributed by atoms with Gasteiger partial charge in [-0.1, -0.05) is 18.2 Å². The number of amides is 3. The topological polar surface area (TPSA) is 97.4 Å². The molecule has 0 unspecified atom stereocenters. The second-order valence-electron chi connectivity index (χ2n) is 7.13. The molecule has 1 fully saturated rings. The molecule has 8 heteroatoms. The molecule has 30 heavy (non-hydrogen) atoms. The lowest BCUT2D eigenvalue weighted by molar-refractivity contribution is -0.138. The Bertz CT molecular complexity index is 1070. The molecule has 1 aromatic carbocycles. The summed E-state index contributed by atoms with van der Waals surface area (Å²) < 4.78 is 7.33. The minimum atomic E-state index is -0.291. The highest BCUT2D eigenvalue weighted by molar-refractivity contribution is 6.02. The number of nitrogens with one attached hydrogen (secondary N) is 1. The Labute approximate surface area is 173 Å². The molecule has 4 rings (SSSR count). The molecule has 1 N–H and O–H groups in total. The van der Waals surface area contributed by atoms with Gasteiger partial charge in [0, 0.05) is 32.1 Å². The summed E-state index contributed by atoms with van der Waals surface area (Å²) in [5, 5.41) is 7.41. The number of nitrogens with zero attached hydrogens (tertiary/aromatic N) is 3. The molecular formula is C22H22N4O4. The van der Waals surface area contributed by atoms with Crippen LogP contribution in [0.4, 0.5) is 0 Å². The highest BCUT2D eigenvalue weighted by atomic mass is 16.3. The van der Waals surface area contributed by atoms with E-state index in [9.17, 15) is 14.4 Å². The summed E-state index contributed by atoms with van der Waals surface area (Å²) in [4.78, 5) is 37.5. The molecule has 3 amide bonds. The number of carbonyl (C=O) groups excluding carboxylic acids is 3. The largest absolute Gasteiger partial charge is 0.460 e. The minimum absolute atomic E-state index is 0.147. The van der Waals surface area contributed by atoms with Crippen molar-refractivity contribution in [2.75, 3.05) is 13.1 Å². The predicted octanol–water partition coefficient (Wildman–Crippen LogP) is 2.71. The molecule has 1 aliphatic rings. The number of hydrogen-bond donors (Lipinski definition) is 1. The number of aromatic nitrogens is 2. The van der Waals surface area contributed by atoms with Crippen molar-refractivity contribution in [3.05, 3.63) is 60.0 Å². The molecule has 0 spiro atoms. The van der Waals surface area contributed by atoms with E-state index in [2.05, 4.69) is 10.4 Å². The Balaban J connectivity index is 1.49. The van der Waals surface area contributed by atoms with Crippen molar-refractivity contribution in [3.8, 4) is 17.1 Å². The summed E-state index contributed by atoms with van der Waals surface area (Å²) in [6, 6.07) is 13.1. The maximum atomic E-state index is 12.9. The fourth-order valence-corrected chi connectivity index (χ4v) is 3.40. The maximum Gasteiger partial charge on any atom is 0.255 e. The first kappa shape index (κ1) is 19.6. The van der Waals surface area contributed by atoms with E-state index in [0.29, 0.717) is 36.5 Å². The molecule has 1 saturated heterocycles. The molecule has 0 atom stereocenters. The lowest BCUT2D eigenvalue weighted by Crippen LogP contribution is -2.33. The van der Waals surface area contributed by atoms with E-state index in [4.69, 9.17) is 4.42 Å². The first-order chi connectivity index (χ1) is 14.5. The van der Waals surface area contributed by atoms with E-state index >= 15 is 0 Å². The van der Waals surface area contributed by atoms with E-state index in [1.165, 1.54) is 4.90 Å². The number of rotatable bonds is 7. The van der Waals surface area contributed by atoms with Crippen LogP contribution >= 0.6 is 0 Å². The van der Waals surface area contributed by atoms with E-state index in [1.807, 2.05) is 43.3 Å². The van der Waals surface area contributed by atoms with Gasteiger partial charge in [0.2, 0.25) is 11.8 Å². The summed E-state index contributed by atoms with van der Waals surface area (Å²) in [6.45, 7) is 2.48. The first-order valence-corrected chi connectivity index (χ1v) is 9.86. The Kier molecular flexibility index (Phi) is 5.47. The average molecular weight is 406 g/mol. The summed E-state index contributed by atoms with van der Waals surface area (Å²) >= 11 is 0. The van der Waals surface area contributed by atoms with Gasteiger partial charge < -0.3 is 9.73 Å². The van der Waals surface area contributed by atoms with Gasteiger partial charge in [-0.3, -0.25) is 19.3 Å². The molecule has 0 radical (unpaired) electrons. The van der Waals surface area contributed by atoms with Crippen LogP contribution in [0.15, 0.2) is 53.1 Å². The summed E-state index contributed by atoms with van der Waals surface area (Å²) in [5.74, 6) is 0.656. The number of para-hydroxylation sites is 1. The zero-order valence-electron chi connectivity index (χ0n) is 16.6. The second kappa shape index (κ2) is 8.36. The van der Waals surface area contributed by atoms with Crippen molar-refractivity contribution in [2.24, 2.45) is 0 Å². The molecule has 2 aromatic heterocycles. The van der Waals surface area contributed by atoms with Crippen LogP contribution in [0.5, 0.6) is 0 Å². The van der Waals surface area contributed by atoms with Crippen LogP contribution in [0.2, 0.25) is 0 Å². The number of furan rings is 1. The van der Waals surface area contributed by atoms with Crippen molar-refractivity contribution < 1.29 is 18.8 Å². The minimum Gasteiger partial charge on any atom is -0.460 e. The normalized spacial score (nSPS) is 13.8. The van der Waals surface area contributed by atoms with Crippen LogP contribution in [0.1, 0.15) is 35.4 Å². The Morgan fingerprint density at radius 2 is 1.83 bits per heavy atom. The zero-order chi connectivity index (χ0) is 21.1. The lowest BCUT2D eigenvalue weighted by Gasteiger charge is -2.13. The molecule has 0 bridgehead atoms. The number of hydrogen-bond acceptors (Lipinski definition) is 5. The van der Waals surface area contributed by atoms with Crippen molar-refractivity contribution in [3.63, 3.8) is 0 Å². The monoisotopic (exact) mass is 406 g/mol. The average Bonchev–Trinajstić information content (AvgIpc) is 3.46. The van der Waals surface area contributed by atoms with Crippen LogP contribution in [0.3, 0.4) is 0 Å². The van der Waals surface area contributed by atoms with Gasteiger partial charge in [0.1, 0.15) is 11.5 Å². The van der Waals surface area contributed by atoms with Gasteiger partial charge in [-0.15, -0.1) is 0 Å². The van der Waals surface area contributed by atoms with Gasteiger partial charge in [-0.2, -0.15) is 5.10 Å². The van der Waals surface area contributed by atoms with E-state index in [-0.39, 0.29) is 30.6 Å². The third-order valence-electron chi connectivity index (χ3n) is 4.95. The molecule has 0 aliphatic carbocycles. The number of aryl methyl sites for hydroxylation is 1. The smallest absolute Gasteiger partial charge is 0.255 e. The number of imide groups is 1. The van der Waals surface area contributed by atoms with Gasteiger partial charge in [0.05, 0.1) is 11.3 Å². The van der Waals surface area contributed by atoms with Crippen molar-refractivity contribution in [1.82, 2.24) is 20.0 Å². The second-order valence-corrected chi connectivity index (χ2v) is 7.13. The SMILES string of the molecule is Cc1ccc(-c2nn(-c3ccccc3)cc2C(=O)NCCCN2C(=O)CCC2=O)o1. The Morgan fingerprint density at radius 1 is 1.10 bits per heavy atom.